The minimum atomic E-state index is 0.170. The minimum absolute atomic E-state index is 0.170. The van der Waals surface area contributed by atoms with Gasteiger partial charge in [0.2, 0.25) is 5.96 Å². The summed E-state index contributed by atoms with van der Waals surface area (Å²) in [5.41, 5.74) is 6.78. The highest BCUT2D eigenvalue weighted by Crippen LogP contribution is 2.20. The predicted molar refractivity (Wildman–Crippen MR) is 100 cm³/mol. The van der Waals surface area contributed by atoms with Crippen LogP contribution in [0.25, 0.3) is 0 Å². The molecule has 3 N–H and O–H groups in total. The average molecular weight is 343 g/mol. The van der Waals surface area contributed by atoms with Crippen LogP contribution in [0, 0.1) is 17.4 Å². The number of nitriles is 1. The van der Waals surface area contributed by atoms with E-state index in [0.29, 0.717) is 13.2 Å². The Morgan fingerprint density at radius 2 is 2.20 bits per heavy atom. The molecule has 0 radical (unpaired) electrons. The highest BCUT2D eigenvalue weighted by Gasteiger charge is 2.15. The summed E-state index contributed by atoms with van der Waals surface area (Å²) in [4.78, 5) is 6.57. The number of nitrogens with one attached hydrogen (secondary N) is 1. The second-order valence-corrected chi connectivity index (χ2v) is 6.67. The number of likely N-dealkylation sites (tertiary alicyclic amines) is 1. The van der Waals surface area contributed by atoms with E-state index in [0.717, 1.165) is 31.1 Å². The Bertz CT molecular complexity index is 588. The molecule has 0 atom stereocenters. The summed E-state index contributed by atoms with van der Waals surface area (Å²) in [6.45, 7) is 6.98. The third-order valence-corrected chi connectivity index (χ3v) is 4.47. The fourth-order valence-electron chi connectivity index (χ4n) is 2.91. The van der Waals surface area contributed by atoms with Gasteiger partial charge in [0.1, 0.15) is 5.75 Å². The lowest BCUT2D eigenvalue weighted by atomic mass is 9.99. The number of rotatable bonds is 8. The summed E-state index contributed by atoms with van der Waals surface area (Å²) >= 11 is 0. The Morgan fingerprint density at radius 3 is 2.96 bits per heavy atom. The molecule has 0 spiro atoms. The van der Waals surface area contributed by atoms with Crippen LogP contribution >= 0.6 is 0 Å². The average Bonchev–Trinajstić information content (AvgIpc) is 2.61. The van der Waals surface area contributed by atoms with Crippen LogP contribution in [0.2, 0.25) is 0 Å². The van der Waals surface area contributed by atoms with Gasteiger partial charge in [0.15, 0.2) is 6.19 Å². The number of ether oxygens (including phenoxy) is 1. The van der Waals surface area contributed by atoms with E-state index in [-0.39, 0.29) is 5.96 Å². The van der Waals surface area contributed by atoms with E-state index in [9.17, 15) is 0 Å². The van der Waals surface area contributed by atoms with Crippen molar-refractivity contribution < 1.29 is 4.74 Å². The van der Waals surface area contributed by atoms with Gasteiger partial charge < -0.3 is 10.5 Å². The number of hydrogen-bond acceptors (Lipinski definition) is 4. The molecule has 0 saturated carbocycles. The Morgan fingerprint density at radius 1 is 1.40 bits per heavy atom. The van der Waals surface area contributed by atoms with E-state index in [2.05, 4.69) is 40.3 Å². The minimum Gasteiger partial charge on any atom is -0.494 e. The highest BCUT2D eigenvalue weighted by atomic mass is 16.5. The van der Waals surface area contributed by atoms with Crippen LogP contribution < -0.4 is 15.8 Å². The zero-order chi connectivity index (χ0) is 17.9. The molecular weight excluding hydrogens is 314 g/mol. The molecule has 1 fully saturated rings. The number of guanidine groups is 1. The molecular formula is C19H29N5O. The molecule has 6 nitrogen and oxygen atoms in total. The molecule has 136 valence electrons. The summed E-state index contributed by atoms with van der Waals surface area (Å²) in [5.74, 6) is 1.96. The van der Waals surface area contributed by atoms with Crippen LogP contribution in [0.4, 0.5) is 0 Å². The molecule has 2 rings (SSSR count). The van der Waals surface area contributed by atoms with Crippen LogP contribution in [0.3, 0.4) is 0 Å². The van der Waals surface area contributed by atoms with Crippen molar-refractivity contribution in [2.75, 3.05) is 26.2 Å². The number of aliphatic imine (C=N–C) groups is 1. The zero-order valence-electron chi connectivity index (χ0n) is 15.1. The third kappa shape index (κ3) is 7.44. The summed E-state index contributed by atoms with van der Waals surface area (Å²) in [6.07, 6.45) is 6.12. The lowest BCUT2D eigenvalue weighted by Crippen LogP contribution is -2.32. The number of hydrogen-bond donors (Lipinski definition) is 2. The van der Waals surface area contributed by atoms with Crippen molar-refractivity contribution in [2.45, 2.75) is 39.2 Å². The number of piperidine rings is 1. The van der Waals surface area contributed by atoms with Gasteiger partial charge >= 0.3 is 0 Å². The molecule has 1 aromatic carbocycles. The van der Waals surface area contributed by atoms with Gasteiger partial charge in [0.05, 0.1) is 6.61 Å². The predicted octanol–water partition coefficient (Wildman–Crippen LogP) is 2.46. The van der Waals surface area contributed by atoms with Crippen LogP contribution in [0.15, 0.2) is 29.3 Å². The maximum atomic E-state index is 8.40. The van der Waals surface area contributed by atoms with Crippen LogP contribution in [0.1, 0.15) is 38.2 Å². The van der Waals surface area contributed by atoms with Crippen molar-refractivity contribution in [3.05, 3.63) is 29.8 Å². The van der Waals surface area contributed by atoms with Crippen LogP contribution in [-0.2, 0) is 6.54 Å². The number of nitrogens with zero attached hydrogens (tertiary/aromatic N) is 3. The second-order valence-electron chi connectivity index (χ2n) is 6.67. The number of benzene rings is 1. The first-order valence-electron chi connectivity index (χ1n) is 9.06. The van der Waals surface area contributed by atoms with Crippen molar-refractivity contribution >= 4 is 5.96 Å². The van der Waals surface area contributed by atoms with Crippen molar-refractivity contribution in [3.63, 3.8) is 0 Å². The first kappa shape index (κ1) is 19.1. The summed E-state index contributed by atoms with van der Waals surface area (Å²) in [7, 11) is 0. The standard InChI is InChI=1S/C19H29N5O/c1-16-7-10-24(11-8-16)14-17-5-4-6-18(13-17)25-12-3-2-9-22-19(21)23-15-20/h4-6,13,16H,2-3,7-12,14H2,1H3,(H3,21,22,23). The van der Waals surface area contributed by atoms with Crippen molar-refractivity contribution in [1.82, 2.24) is 10.2 Å². The Kier molecular flexibility index (Phi) is 8.06. The zero-order valence-corrected chi connectivity index (χ0v) is 15.1. The van der Waals surface area contributed by atoms with Crippen LogP contribution in [-0.4, -0.2) is 37.1 Å². The molecule has 25 heavy (non-hydrogen) atoms. The molecule has 6 heteroatoms. The quantitative estimate of drug-likeness (QED) is 0.249. The molecule has 0 bridgehead atoms. The molecule has 1 aliphatic rings. The largest absolute Gasteiger partial charge is 0.494 e. The molecule has 0 aliphatic carbocycles. The van der Waals surface area contributed by atoms with E-state index in [4.69, 9.17) is 15.7 Å². The number of nitrogens with two attached hydrogens (primary N) is 1. The van der Waals surface area contributed by atoms with Gasteiger partial charge in [-0.25, -0.2) is 0 Å². The van der Waals surface area contributed by atoms with Crippen molar-refractivity contribution in [1.29, 1.82) is 5.26 Å². The lowest BCUT2D eigenvalue weighted by molar-refractivity contribution is 0.185. The first-order valence-corrected chi connectivity index (χ1v) is 9.06. The Balaban J connectivity index is 1.67. The molecule has 1 heterocycles. The summed E-state index contributed by atoms with van der Waals surface area (Å²) in [6, 6.07) is 8.39. The SMILES string of the molecule is CC1CCN(Cc2cccc(OCCCCN=C(N)NC#N)c2)CC1. The molecule has 1 saturated heterocycles. The maximum Gasteiger partial charge on any atom is 0.202 e. The fourth-order valence-corrected chi connectivity index (χ4v) is 2.91. The molecule has 0 unspecified atom stereocenters. The van der Waals surface area contributed by atoms with E-state index in [1.807, 2.05) is 6.07 Å². The molecule has 0 aromatic heterocycles. The molecule has 1 aromatic rings. The van der Waals surface area contributed by atoms with Gasteiger partial charge in [-0.15, -0.1) is 0 Å². The van der Waals surface area contributed by atoms with Crippen molar-refractivity contribution in [2.24, 2.45) is 16.6 Å². The number of unbranched alkanes of at least 4 members (excludes halogenated alkanes) is 1. The maximum absolute atomic E-state index is 8.40. The Hall–Kier alpha value is -2.26. The van der Waals surface area contributed by atoms with E-state index in [1.165, 1.54) is 31.5 Å². The first-order chi connectivity index (χ1) is 12.2. The third-order valence-electron chi connectivity index (χ3n) is 4.47. The van der Waals surface area contributed by atoms with Crippen molar-refractivity contribution in [3.8, 4) is 11.9 Å². The van der Waals surface area contributed by atoms with E-state index in [1.54, 1.807) is 6.19 Å². The van der Waals surface area contributed by atoms with E-state index < -0.39 is 0 Å². The normalized spacial score (nSPS) is 16.4. The van der Waals surface area contributed by atoms with Gasteiger partial charge in [-0.3, -0.25) is 15.2 Å². The molecule has 1 aliphatic heterocycles. The van der Waals surface area contributed by atoms with Gasteiger partial charge in [-0.1, -0.05) is 19.1 Å². The van der Waals surface area contributed by atoms with E-state index >= 15 is 0 Å². The van der Waals surface area contributed by atoms with Gasteiger partial charge in [-0.2, -0.15) is 5.26 Å². The topological polar surface area (TPSA) is 86.7 Å². The summed E-state index contributed by atoms with van der Waals surface area (Å²) in [5, 5.41) is 10.7. The van der Waals surface area contributed by atoms with Gasteiger partial charge in [0, 0.05) is 13.1 Å². The Labute approximate surface area is 150 Å². The molecule has 0 amide bonds. The summed E-state index contributed by atoms with van der Waals surface area (Å²) < 4.78 is 5.84. The van der Waals surface area contributed by atoms with Gasteiger partial charge in [0.25, 0.3) is 0 Å². The smallest absolute Gasteiger partial charge is 0.202 e. The van der Waals surface area contributed by atoms with Crippen LogP contribution in [0.5, 0.6) is 5.75 Å². The second kappa shape index (κ2) is 10.6. The fraction of sp³-hybridized carbons (Fsp3) is 0.579. The highest BCUT2D eigenvalue weighted by molar-refractivity contribution is 5.79. The lowest BCUT2D eigenvalue weighted by Gasteiger charge is -2.30. The van der Waals surface area contributed by atoms with Gasteiger partial charge in [-0.05, 0) is 62.4 Å². The monoisotopic (exact) mass is 343 g/mol.